The summed E-state index contributed by atoms with van der Waals surface area (Å²) in [7, 11) is 0. The van der Waals surface area contributed by atoms with E-state index >= 15 is 0 Å². The maximum absolute atomic E-state index is 6.55. The third kappa shape index (κ3) is 8.39. The van der Waals surface area contributed by atoms with E-state index in [0.29, 0.717) is 0 Å². The fraction of sp³-hybridized carbons (Fsp3) is 0. The van der Waals surface area contributed by atoms with E-state index in [1.807, 2.05) is 12.1 Å². The lowest BCUT2D eigenvalue weighted by atomic mass is 9.97. The Morgan fingerprint density at radius 2 is 0.671 bits per heavy atom. The number of para-hydroxylation sites is 3. The summed E-state index contributed by atoms with van der Waals surface area (Å²) in [6, 6.07) is 105. The SMILES string of the molecule is c1ccc(-c2ccc(-c3ccc(N(c4cccc(-c5ccc6ccccc6c5)c4)c4cccc(-c5ccccc5N(c5ccc6c(c5)oc5ccccc56)c5ccccc5-c5ccccc5)c4)cc3)cc2)cc1. The van der Waals surface area contributed by atoms with E-state index in [2.05, 4.69) is 289 Å². The lowest BCUT2D eigenvalue weighted by Gasteiger charge is -2.30. The second-order valence-corrected chi connectivity index (χ2v) is 18.5. The van der Waals surface area contributed by atoms with Gasteiger partial charge in [0.05, 0.1) is 11.4 Å². The van der Waals surface area contributed by atoms with Crippen molar-refractivity contribution in [2.45, 2.75) is 0 Å². The number of nitrogens with zero attached hydrogens (tertiary/aromatic N) is 2. The molecule has 0 unspecified atom stereocenters. The molecule has 0 amide bonds. The molecule has 1 aromatic heterocycles. The van der Waals surface area contributed by atoms with E-state index in [1.54, 1.807) is 0 Å². The van der Waals surface area contributed by atoms with Crippen molar-refractivity contribution in [1.82, 2.24) is 0 Å². The molecule has 73 heavy (non-hydrogen) atoms. The van der Waals surface area contributed by atoms with Crippen molar-refractivity contribution in [3.05, 3.63) is 291 Å². The maximum atomic E-state index is 6.55. The average molecular weight is 933 g/mol. The largest absolute Gasteiger partial charge is 0.456 e. The summed E-state index contributed by atoms with van der Waals surface area (Å²) in [6.07, 6.45) is 0. The molecule has 344 valence electrons. The van der Waals surface area contributed by atoms with Gasteiger partial charge in [-0.15, -0.1) is 0 Å². The van der Waals surface area contributed by atoms with E-state index in [0.717, 1.165) is 89.4 Å². The zero-order chi connectivity index (χ0) is 48.5. The van der Waals surface area contributed by atoms with Crippen LogP contribution < -0.4 is 9.80 Å². The van der Waals surface area contributed by atoms with Crippen molar-refractivity contribution in [3.63, 3.8) is 0 Å². The van der Waals surface area contributed by atoms with Crippen molar-refractivity contribution in [3.8, 4) is 55.6 Å². The standard InChI is InChI=1S/C70H48N2O/c1-3-17-49(18-4-1)51-33-35-52(36-34-51)53-39-41-59(42-40-53)71(60-25-15-23-56(46-60)57-38-37-50-19-7-8-22-55(50)45-57)61-26-16-24-58(47-61)64-28-10-13-31-68(64)72(67-30-12-9-27-63(67)54-20-5-2-6-21-54)62-43-44-66-65-29-11-14-32-69(65)73-70(66)48-62/h1-48H. The Balaban J connectivity index is 0.945. The fourth-order valence-corrected chi connectivity index (χ4v) is 10.4. The maximum Gasteiger partial charge on any atom is 0.137 e. The molecule has 0 saturated carbocycles. The smallest absolute Gasteiger partial charge is 0.137 e. The first-order chi connectivity index (χ1) is 36.2. The number of anilines is 6. The topological polar surface area (TPSA) is 19.6 Å². The van der Waals surface area contributed by atoms with Gasteiger partial charge in [0.15, 0.2) is 0 Å². The lowest BCUT2D eigenvalue weighted by molar-refractivity contribution is 0.669. The molecular weight excluding hydrogens is 885 g/mol. The van der Waals surface area contributed by atoms with E-state index in [4.69, 9.17) is 4.42 Å². The lowest BCUT2D eigenvalue weighted by Crippen LogP contribution is -2.13. The minimum Gasteiger partial charge on any atom is -0.456 e. The van der Waals surface area contributed by atoms with Gasteiger partial charge in [-0.05, 0) is 128 Å². The number of fused-ring (bicyclic) bond motifs is 4. The third-order valence-electron chi connectivity index (χ3n) is 14.0. The highest BCUT2D eigenvalue weighted by molar-refractivity contribution is 6.07. The molecule has 12 aromatic carbocycles. The second kappa shape index (κ2) is 18.9. The first-order valence-electron chi connectivity index (χ1n) is 24.9. The second-order valence-electron chi connectivity index (χ2n) is 18.5. The number of hydrogen-bond donors (Lipinski definition) is 0. The highest BCUT2D eigenvalue weighted by atomic mass is 16.3. The van der Waals surface area contributed by atoms with Gasteiger partial charge in [0.25, 0.3) is 0 Å². The fourth-order valence-electron chi connectivity index (χ4n) is 10.4. The first-order valence-corrected chi connectivity index (χ1v) is 24.9. The zero-order valence-electron chi connectivity index (χ0n) is 40.0. The van der Waals surface area contributed by atoms with Crippen LogP contribution in [-0.4, -0.2) is 0 Å². The van der Waals surface area contributed by atoms with Gasteiger partial charge in [0.1, 0.15) is 11.2 Å². The molecule has 3 nitrogen and oxygen atoms in total. The highest BCUT2D eigenvalue weighted by Gasteiger charge is 2.23. The van der Waals surface area contributed by atoms with Gasteiger partial charge in [0.2, 0.25) is 0 Å². The number of furan rings is 1. The summed E-state index contributed by atoms with van der Waals surface area (Å²) in [5, 5.41) is 4.65. The van der Waals surface area contributed by atoms with Crippen LogP contribution in [0.4, 0.5) is 34.1 Å². The summed E-state index contributed by atoms with van der Waals surface area (Å²) < 4.78 is 6.55. The van der Waals surface area contributed by atoms with Crippen molar-refractivity contribution >= 4 is 66.8 Å². The van der Waals surface area contributed by atoms with E-state index in [1.165, 1.54) is 33.0 Å². The number of benzene rings is 12. The molecule has 0 radical (unpaired) electrons. The molecule has 0 saturated heterocycles. The van der Waals surface area contributed by atoms with Crippen LogP contribution >= 0.6 is 0 Å². The predicted molar refractivity (Wildman–Crippen MR) is 308 cm³/mol. The molecule has 13 rings (SSSR count). The van der Waals surface area contributed by atoms with E-state index in [-0.39, 0.29) is 0 Å². The van der Waals surface area contributed by atoms with Crippen LogP contribution in [0.1, 0.15) is 0 Å². The Kier molecular flexibility index (Phi) is 11.2. The van der Waals surface area contributed by atoms with Crippen LogP contribution in [0, 0.1) is 0 Å². The van der Waals surface area contributed by atoms with Crippen molar-refractivity contribution in [2.24, 2.45) is 0 Å². The Labute approximate surface area is 425 Å². The minimum absolute atomic E-state index is 0.845. The molecule has 0 spiro atoms. The van der Waals surface area contributed by atoms with Gasteiger partial charge in [0, 0.05) is 50.7 Å². The van der Waals surface area contributed by atoms with Gasteiger partial charge >= 0.3 is 0 Å². The van der Waals surface area contributed by atoms with Crippen LogP contribution in [0.5, 0.6) is 0 Å². The van der Waals surface area contributed by atoms with Gasteiger partial charge in [-0.25, -0.2) is 0 Å². The quantitative estimate of drug-likeness (QED) is 0.129. The molecule has 0 aliphatic heterocycles. The summed E-state index contributed by atoms with van der Waals surface area (Å²) in [5.41, 5.74) is 19.5. The van der Waals surface area contributed by atoms with E-state index in [9.17, 15) is 0 Å². The van der Waals surface area contributed by atoms with Crippen LogP contribution in [0.25, 0.3) is 88.3 Å². The van der Waals surface area contributed by atoms with Crippen molar-refractivity contribution in [1.29, 1.82) is 0 Å². The molecule has 0 aliphatic rings. The van der Waals surface area contributed by atoms with Crippen LogP contribution in [0.15, 0.2) is 296 Å². The summed E-state index contributed by atoms with van der Waals surface area (Å²) >= 11 is 0. The zero-order valence-corrected chi connectivity index (χ0v) is 40.0. The molecule has 0 N–H and O–H groups in total. The third-order valence-corrected chi connectivity index (χ3v) is 14.0. The molecule has 0 bridgehead atoms. The molecule has 1 heterocycles. The first kappa shape index (κ1) is 43.3. The Bertz CT molecular complexity index is 4080. The van der Waals surface area contributed by atoms with Crippen LogP contribution in [0.2, 0.25) is 0 Å². The number of hydrogen-bond acceptors (Lipinski definition) is 3. The number of rotatable bonds is 11. The van der Waals surface area contributed by atoms with Crippen LogP contribution in [-0.2, 0) is 0 Å². The predicted octanol–water partition coefficient (Wildman–Crippen LogP) is 20.0. The van der Waals surface area contributed by atoms with Crippen molar-refractivity contribution < 1.29 is 4.42 Å². The average Bonchev–Trinajstić information content (AvgIpc) is 3.84. The van der Waals surface area contributed by atoms with Gasteiger partial charge in [-0.3, -0.25) is 0 Å². The Hall–Kier alpha value is -9.70. The normalized spacial score (nSPS) is 11.3. The highest BCUT2D eigenvalue weighted by Crippen LogP contribution is 2.47. The Morgan fingerprint density at radius 1 is 0.219 bits per heavy atom. The Morgan fingerprint density at radius 3 is 1.37 bits per heavy atom. The van der Waals surface area contributed by atoms with E-state index < -0.39 is 0 Å². The molecule has 0 aliphatic carbocycles. The van der Waals surface area contributed by atoms with Gasteiger partial charge in [-0.2, -0.15) is 0 Å². The van der Waals surface area contributed by atoms with Gasteiger partial charge in [-0.1, -0.05) is 212 Å². The monoisotopic (exact) mass is 932 g/mol. The minimum atomic E-state index is 0.845. The van der Waals surface area contributed by atoms with Gasteiger partial charge < -0.3 is 14.2 Å². The van der Waals surface area contributed by atoms with Crippen molar-refractivity contribution in [2.75, 3.05) is 9.80 Å². The summed E-state index contributed by atoms with van der Waals surface area (Å²) in [5.74, 6) is 0. The molecular formula is C70H48N2O. The molecule has 0 fully saturated rings. The summed E-state index contributed by atoms with van der Waals surface area (Å²) in [4.78, 5) is 4.78. The molecule has 13 aromatic rings. The summed E-state index contributed by atoms with van der Waals surface area (Å²) in [6.45, 7) is 0. The van der Waals surface area contributed by atoms with Crippen LogP contribution in [0.3, 0.4) is 0 Å². The molecule has 0 atom stereocenters. The molecule has 3 heteroatoms.